The molecule has 0 saturated carbocycles. The number of nitrogens with zero attached hydrogens (tertiary/aromatic N) is 4. The van der Waals surface area contributed by atoms with Gasteiger partial charge in [-0.05, 0) is 17.7 Å². The Kier molecular flexibility index (Phi) is 3.93. The average Bonchev–Trinajstić information content (AvgIpc) is 3.31. The standard InChI is InChI=1S/C19H19N5O/c1-3-16-21-18(14-12-20-24(2)19(14)22-16)23-17(15-10-7-11-25-15)13-8-5-4-6-9-13/h4-12,17H,3H2,1-2H3,(H,21,22,23)/t17-/m1/s1. The molecule has 0 bridgehead atoms. The third-order valence-electron chi connectivity index (χ3n) is 4.20. The molecule has 1 atom stereocenters. The molecule has 126 valence electrons. The van der Waals surface area contributed by atoms with E-state index >= 15 is 0 Å². The van der Waals surface area contributed by atoms with Crippen LogP contribution in [-0.2, 0) is 13.5 Å². The SMILES string of the molecule is CCc1nc(N[C@H](c2ccccc2)c2ccco2)c2cnn(C)c2n1. The number of hydrogen-bond donors (Lipinski definition) is 1. The number of aryl methyl sites for hydroxylation is 2. The van der Waals surface area contributed by atoms with Crippen LogP contribution in [0.15, 0.2) is 59.3 Å². The molecule has 4 rings (SSSR count). The van der Waals surface area contributed by atoms with Gasteiger partial charge in [-0.1, -0.05) is 37.3 Å². The van der Waals surface area contributed by atoms with Gasteiger partial charge < -0.3 is 9.73 Å². The fourth-order valence-electron chi connectivity index (χ4n) is 2.89. The monoisotopic (exact) mass is 333 g/mol. The first-order valence-corrected chi connectivity index (χ1v) is 8.29. The van der Waals surface area contributed by atoms with Crippen molar-refractivity contribution in [1.29, 1.82) is 0 Å². The summed E-state index contributed by atoms with van der Waals surface area (Å²) in [5.74, 6) is 2.38. The molecule has 1 aromatic carbocycles. The highest BCUT2D eigenvalue weighted by molar-refractivity contribution is 5.86. The first-order valence-electron chi connectivity index (χ1n) is 8.29. The Labute approximate surface area is 145 Å². The van der Waals surface area contributed by atoms with E-state index < -0.39 is 0 Å². The lowest BCUT2D eigenvalue weighted by atomic mass is 10.0. The second-order valence-corrected chi connectivity index (χ2v) is 5.85. The third-order valence-corrected chi connectivity index (χ3v) is 4.20. The van der Waals surface area contributed by atoms with E-state index in [9.17, 15) is 0 Å². The Balaban J connectivity index is 1.82. The van der Waals surface area contributed by atoms with Gasteiger partial charge in [0, 0.05) is 13.5 Å². The molecule has 0 aliphatic rings. The van der Waals surface area contributed by atoms with E-state index in [1.54, 1.807) is 17.1 Å². The molecule has 25 heavy (non-hydrogen) atoms. The van der Waals surface area contributed by atoms with Crippen LogP contribution in [0.1, 0.15) is 30.1 Å². The highest BCUT2D eigenvalue weighted by Gasteiger charge is 2.20. The largest absolute Gasteiger partial charge is 0.467 e. The van der Waals surface area contributed by atoms with Crippen LogP contribution in [0.5, 0.6) is 0 Å². The van der Waals surface area contributed by atoms with Gasteiger partial charge >= 0.3 is 0 Å². The number of anilines is 1. The normalized spacial score (nSPS) is 12.4. The van der Waals surface area contributed by atoms with Gasteiger partial charge in [0.1, 0.15) is 23.4 Å². The van der Waals surface area contributed by atoms with Crippen molar-refractivity contribution in [2.45, 2.75) is 19.4 Å². The predicted molar refractivity (Wildman–Crippen MR) is 96.3 cm³/mol. The van der Waals surface area contributed by atoms with Crippen LogP contribution in [0.4, 0.5) is 5.82 Å². The van der Waals surface area contributed by atoms with Crippen LogP contribution in [0.25, 0.3) is 11.0 Å². The molecule has 1 N–H and O–H groups in total. The van der Waals surface area contributed by atoms with Crippen molar-refractivity contribution in [3.8, 4) is 0 Å². The van der Waals surface area contributed by atoms with Crippen molar-refractivity contribution >= 4 is 16.9 Å². The van der Waals surface area contributed by atoms with Crippen LogP contribution in [0.3, 0.4) is 0 Å². The maximum Gasteiger partial charge on any atom is 0.163 e. The summed E-state index contributed by atoms with van der Waals surface area (Å²) in [6, 6.07) is 13.9. The average molecular weight is 333 g/mol. The summed E-state index contributed by atoms with van der Waals surface area (Å²) in [5, 5.41) is 8.75. The number of nitrogens with one attached hydrogen (secondary N) is 1. The van der Waals surface area contributed by atoms with Crippen molar-refractivity contribution in [1.82, 2.24) is 19.7 Å². The zero-order valence-electron chi connectivity index (χ0n) is 14.2. The first-order chi connectivity index (χ1) is 12.3. The van der Waals surface area contributed by atoms with Gasteiger partial charge in [-0.2, -0.15) is 5.10 Å². The maximum atomic E-state index is 5.67. The Morgan fingerprint density at radius 1 is 1.12 bits per heavy atom. The van der Waals surface area contributed by atoms with E-state index in [0.717, 1.165) is 40.4 Å². The Bertz CT molecular complexity index is 976. The molecule has 3 aromatic heterocycles. The fraction of sp³-hybridized carbons (Fsp3) is 0.211. The second-order valence-electron chi connectivity index (χ2n) is 5.85. The van der Waals surface area contributed by atoms with Crippen LogP contribution in [-0.4, -0.2) is 19.7 Å². The molecule has 6 heteroatoms. The zero-order valence-corrected chi connectivity index (χ0v) is 14.2. The topological polar surface area (TPSA) is 68.8 Å². The Hall–Kier alpha value is -3.15. The number of aromatic nitrogens is 4. The summed E-state index contributed by atoms with van der Waals surface area (Å²) in [6.07, 6.45) is 4.23. The summed E-state index contributed by atoms with van der Waals surface area (Å²) in [6.45, 7) is 2.04. The van der Waals surface area contributed by atoms with Crippen molar-refractivity contribution in [2.75, 3.05) is 5.32 Å². The molecule has 0 saturated heterocycles. The van der Waals surface area contributed by atoms with Gasteiger partial charge in [-0.25, -0.2) is 9.97 Å². The third kappa shape index (κ3) is 2.87. The molecule has 0 aliphatic carbocycles. The Morgan fingerprint density at radius 3 is 2.68 bits per heavy atom. The fourth-order valence-corrected chi connectivity index (χ4v) is 2.89. The van der Waals surface area contributed by atoms with Crippen molar-refractivity contribution in [2.24, 2.45) is 7.05 Å². The first kappa shape index (κ1) is 15.4. The van der Waals surface area contributed by atoms with Crippen LogP contribution in [0.2, 0.25) is 0 Å². The lowest BCUT2D eigenvalue weighted by Crippen LogP contribution is -2.14. The minimum atomic E-state index is -0.140. The predicted octanol–water partition coefficient (Wildman–Crippen LogP) is 3.72. The molecule has 0 unspecified atom stereocenters. The maximum absolute atomic E-state index is 5.67. The second kappa shape index (κ2) is 6.39. The van der Waals surface area contributed by atoms with Gasteiger partial charge in [-0.3, -0.25) is 4.68 Å². The number of benzene rings is 1. The minimum absolute atomic E-state index is 0.140. The highest BCUT2D eigenvalue weighted by Crippen LogP contribution is 2.29. The van der Waals surface area contributed by atoms with E-state index in [-0.39, 0.29) is 6.04 Å². The van der Waals surface area contributed by atoms with Gasteiger partial charge in [0.05, 0.1) is 17.8 Å². The quantitative estimate of drug-likeness (QED) is 0.603. The van der Waals surface area contributed by atoms with Crippen molar-refractivity contribution in [3.63, 3.8) is 0 Å². The smallest absolute Gasteiger partial charge is 0.163 e. The molecule has 0 aliphatic heterocycles. The zero-order chi connectivity index (χ0) is 17.2. The summed E-state index contributed by atoms with van der Waals surface area (Å²) in [5.41, 5.74) is 1.92. The minimum Gasteiger partial charge on any atom is -0.467 e. The van der Waals surface area contributed by atoms with Crippen LogP contribution in [0, 0.1) is 0 Å². The number of furan rings is 1. The van der Waals surface area contributed by atoms with E-state index in [1.165, 1.54) is 0 Å². The van der Waals surface area contributed by atoms with Gasteiger partial charge in [-0.15, -0.1) is 0 Å². The molecular weight excluding hydrogens is 314 g/mol. The van der Waals surface area contributed by atoms with Gasteiger partial charge in [0.25, 0.3) is 0 Å². The molecule has 0 fully saturated rings. The number of fused-ring (bicyclic) bond motifs is 1. The Morgan fingerprint density at radius 2 is 1.96 bits per heavy atom. The van der Waals surface area contributed by atoms with E-state index in [2.05, 4.69) is 27.5 Å². The molecule has 4 aromatic rings. The summed E-state index contributed by atoms with van der Waals surface area (Å²) in [4.78, 5) is 9.27. The van der Waals surface area contributed by atoms with Crippen LogP contribution < -0.4 is 5.32 Å². The summed E-state index contributed by atoms with van der Waals surface area (Å²) in [7, 11) is 1.89. The molecule has 0 spiro atoms. The van der Waals surface area contributed by atoms with E-state index in [0.29, 0.717) is 0 Å². The van der Waals surface area contributed by atoms with E-state index in [4.69, 9.17) is 9.40 Å². The lowest BCUT2D eigenvalue weighted by Gasteiger charge is -2.18. The van der Waals surface area contributed by atoms with Gasteiger partial charge in [0.15, 0.2) is 5.65 Å². The lowest BCUT2D eigenvalue weighted by molar-refractivity contribution is 0.498. The molecule has 0 radical (unpaired) electrons. The van der Waals surface area contributed by atoms with Crippen molar-refractivity contribution < 1.29 is 4.42 Å². The van der Waals surface area contributed by atoms with Crippen molar-refractivity contribution in [3.05, 3.63) is 72.1 Å². The van der Waals surface area contributed by atoms with Gasteiger partial charge in [0.2, 0.25) is 0 Å². The molecule has 3 heterocycles. The summed E-state index contributed by atoms with van der Waals surface area (Å²) < 4.78 is 7.44. The number of rotatable bonds is 5. The highest BCUT2D eigenvalue weighted by atomic mass is 16.3. The molecule has 6 nitrogen and oxygen atoms in total. The molecule has 0 amide bonds. The van der Waals surface area contributed by atoms with E-state index in [1.807, 2.05) is 44.3 Å². The summed E-state index contributed by atoms with van der Waals surface area (Å²) >= 11 is 0. The molecular formula is C19H19N5O. The number of hydrogen-bond acceptors (Lipinski definition) is 5. The van der Waals surface area contributed by atoms with Crippen LogP contribution >= 0.6 is 0 Å².